The highest BCUT2D eigenvalue weighted by molar-refractivity contribution is 6.21. The van der Waals surface area contributed by atoms with E-state index in [1.165, 1.54) is 12.1 Å². The minimum absolute atomic E-state index is 0.0545. The third kappa shape index (κ3) is 2.90. The van der Waals surface area contributed by atoms with Gasteiger partial charge in [0.2, 0.25) is 0 Å². The molecule has 0 radical (unpaired) electrons. The standard InChI is InChI=1S/C13H16ClFO2/c1-16-11-6-5-9(15)8-10(11)13(14)12-4-2-3-7-17-12/h5-6,8,12-13H,2-4,7H2,1H3. The largest absolute Gasteiger partial charge is 0.496 e. The number of hydrogen-bond donors (Lipinski definition) is 0. The minimum atomic E-state index is -0.360. The van der Waals surface area contributed by atoms with Gasteiger partial charge >= 0.3 is 0 Å². The molecule has 1 aromatic rings. The van der Waals surface area contributed by atoms with Gasteiger partial charge in [0.05, 0.1) is 18.6 Å². The van der Waals surface area contributed by atoms with Crippen LogP contribution < -0.4 is 4.74 Å². The van der Waals surface area contributed by atoms with Crippen LogP contribution in [0.2, 0.25) is 0 Å². The van der Waals surface area contributed by atoms with Crippen LogP contribution >= 0.6 is 11.6 Å². The fourth-order valence-electron chi connectivity index (χ4n) is 2.12. The van der Waals surface area contributed by atoms with Crippen molar-refractivity contribution in [1.82, 2.24) is 0 Å². The molecule has 0 aromatic heterocycles. The summed E-state index contributed by atoms with van der Waals surface area (Å²) in [7, 11) is 1.56. The molecule has 94 valence electrons. The normalized spacial score (nSPS) is 22.2. The lowest BCUT2D eigenvalue weighted by Gasteiger charge is -2.27. The molecule has 4 heteroatoms. The van der Waals surface area contributed by atoms with E-state index in [0.29, 0.717) is 11.3 Å². The second kappa shape index (κ2) is 5.69. The van der Waals surface area contributed by atoms with Crippen molar-refractivity contribution in [2.24, 2.45) is 0 Å². The van der Waals surface area contributed by atoms with Crippen molar-refractivity contribution in [2.45, 2.75) is 30.7 Å². The lowest BCUT2D eigenvalue weighted by molar-refractivity contribution is 0.0132. The summed E-state index contributed by atoms with van der Waals surface area (Å²) < 4.78 is 24.1. The minimum Gasteiger partial charge on any atom is -0.496 e. The molecule has 2 rings (SSSR count). The summed E-state index contributed by atoms with van der Waals surface area (Å²) in [6, 6.07) is 4.39. The van der Waals surface area contributed by atoms with E-state index in [9.17, 15) is 4.39 Å². The van der Waals surface area contributed by atoms with Crippen molar-refractivity contribution in [1.29, 1.82) is 0 Å². The predicted molar refractivity (Wildman–Crippen MR) is 65.1 cm³/mol. The summed E-state index contributed by atoms with van der Waals surface area (Å²) in [5.41, 5.74) is 0.668. The molecule has 2 unspecified atom stereocenters. The van der Waals surface area contributed by atoms with Crippen LogP contribution in [0.3, 0.4) is 0 Å². The second-order valence-electron chi connectivity index (χ2n) is 4.19. The Hall–Kier alpha value is -0.800. The Morgan fingerprint density at radius 1 is 1.47 bits per heavy atom. The van der Waals surface area contributed by atoms with Gasteiger partial charge in [-0.15, -0.1) is 11.6 Å². The molecule has 0 spiro atoms. The molecular weight excluding hydrogens is 243 g/mol. The number of rotatable bonds is 3. The van der Waals surface area contributed by atoms with Crippen molar-refractivity contribution in [2.75, 3.05) is 13.7 Å². The van der Waals surface area contributed by atoms with Crippen molar-refractivity contribution >= 4 is 11.6 Å². The Morgan fingerprint density at radius 3 is 2.94 bits per heavy atom. The molecular formula is C13H16ClFO2. The van der Waals surface area contributed by atoms with Crippen molar-refractivity contribution in [3.05, 3.63) is 29.6 Å². The van der Waals surface area contributed by atoms with Crippen LogP contribution in [-0.4, -0.2) is 19.8 Å². The van der Waals surface area contributed by atoms with Gasteiger partial charge in [0, 0.05) is 12.2 Å². The molecule has 0 aliphatic carbocycles. The maximum atomic E-state index is 13.3. The number of hydrogen-bond acceptors (Lipinski definition) is 2. The van der Waals surface area contributed by atoms with E-state index in [1.807, 2.05) is 0 Å². The van der Waals surface area contributed by atoms with Crippen LogP contribution in [0, 0.1) is 5.82 Å². The molecule has 1 fully saturated rings. The Bertz CT molecular complexity index is 378. The molecule has 0 saturated carbocycles. The summed E-state index contributed by atoms with van der Waals surface area (Å²) in [5.74, 6) is 0.308. The first kappa shape index (κ1) is 12.7. The van der Waals surface area contributed by atoms with Gasteiger partial charge in [-0.1, -0.05) is 0 Å². The zero-order chi connectivity index (χ0) is 12.3. The molecule has 0 amide bonds. The molecule has 0 N–H and O–H groups in total. The summed E-state index contributed by atoms with van der Waals surface area (Å²) in [5, 5.41) is -0.360. The van der Waals surface area contributed by atoms with Gasteiger partial charge < -0.3 is 9.47 Å². The highest BCUT2D eigenvalue weighted by Gasteiger charge is 2.26. The summed E-state index contributed by atoms with van der Waals surface area (Å²) in [4.78, 5) is 0. The van der Waals surface area contributed by atoms with Gasteiger partial charge in [-0.05, 0) is 37.5 Å². The van der Waals surface area contributed by atoms with Crippen molar-refractivity contribution in [3.63, 3.8) is 0 Å². The number of alkyl halides is 1. The summed E-state index contributed by atoms with van der Waals surface area (Å²) in [6.45, 7) is 0.728. The molecule has 1 aliphatic heterocycles. The Morgan fingerprint density at radius 2 is 2.29 bits per heavy atom. The van der Waals surface area contributed by atoms with Crippen LogP contribution in [0.15, 0.2) is 18.2 Å². The summed E-state index contributed by atoms with van der Waals surface area (Å²) >= 11 is 6.37. The van der Waals surface area contributed by atoms with Gasteiger partial charge in [-0.2, -0.15) is 0 Å². The molecule has 1 saturated heterocycles. The zero-order valence-corrected chi connectivity index (χ0v) is 10.5. The van der Waals surface area contributed by atoms with E-state index in [0.717, 1.165) is 25.9 Å². The number of methoxy groups -OCH3 is 1. The van der Waals surface area contributed by atoms with Crippen LogP contribution in [0.1, 0.15) is 30.2 Å². The van der Waals surface area contributed by atoms with E-state index in [2.05, 4.69) is 0 Å². The average molecular weight is 259 g/mol. The topological polar surface area (TPSA) is 18.5 Å². The number of ether oxygens (including phenoxy) is 2. The molecule has 0 bridgehead atoms. The Kier molecular flexibility index (Phi) is 4.24. The van der Waals surface area contributed by atoms with Gasteiger partial charge in [-0.25, -0.2) is 4.39 Å². The first-order chi connectivity index (χ1) is 8.22. The molecule has 2 nitrogen and oxygen atoms in total. The van der Waals surface area contributed by atoms with E-state index in [1.54, 1.807) is 13.2 Å². The van der Waals surface area contributed by atoms with Gasteiger partial charge in [0.1, 0.15) is 11.6 Å². The van der Waals surface area contributed by atoms with E-state index in [4.69, 9.17) is 21.1 Å². The second-order valence-corrected chi connectivity index (χ2v) is 4.66. The van der Waals surface area contributed by atoms with Crippen LogP contribution in [0.5, 0.6) is 5.75 Å². The van der Waals surface area contributed by atoms with Crippen LogP contribution in [0.25, 0.3) is 0 Å². The Balaban J connectivity index is 2.21. The van der Waals surface area contributed by atoms with E-state index in [-0.39, 0.29) is 17.3 Å². The van der Waals surface area contributed by atoms with E-state index < -0.39 is 0 Å². The SMILES string of the molecule is COc1ccc(F)cc1C(Cl)C1CCCCO1. The van der Waals surface area contributed by atoms with Crippen LogP contribution in [-0.2, 0) is 4.74 Å². The quantitative estimate of drug-likeness (QED) is 0.770. The third-order valence-electron chi connectivity index (χ3n) is 3.03. The third-order valence-corrected chi connectivity index (χ3v) is 3.55. The fourth-order valence-corrected chi connectivity index (χ4v) is 2.49. The molecule has 1 aliphatic rings. The fraction of sp³-hybridized carbons (Fsp3) is 0.538. The lowest BCUT2D eigenvalue weighted by Crippen LogP contribution is -2.24. The van der Waals surface area contributed by atoms with Gasteiger partial charge in [0.25, 0.3) is 0 Å². The molecule has 1 aromatic carbocycles. The number of halogens is 2. The van der Waals surface area contributed by atoms with Crippen molar-refractivity contribution in [3.8, 4) is 5.75 Å². The lowest BCUT2D eigenvalue weighted by atomic mass is 10.00. The van der Waals surface area contributed by atoms with Gasteiger partial charge in [-0.3, -0.25) is 0 Å². The monoisotopic (exact) mass is 258 g/mol. The number of benzene rings is 1. The highest BCUT2D eigenvalue weighted by atomic mass is 35.5. The summed E-state index contributed by atoms with van der Waals surface area (Å²) in [6.07, 6.45) is 3.03. The molecule has 17 heavy (non-hydrogen) atoms. The van der Waals surface area contributed by atoms with E-state index >= 15 is 0 Å². The first-order valence-electron chi connectivity index (χ1n) is 5.81. The van der Waals surface area contributed by atoms with Crippen LogP contribution in [0.4, 0.5) is 4.39 Å². The average Bonchev–Trinajstić information content (AvgIpc) is 2.39. The van der Waals surface area contributed by atoms with Gasteiger partial charge in [0.15, 0.2) is 0 Å². The Labute approximate surface area is 106 Å². The van der Waals surface area contributed by atoms with Crippen molar-refractivity contribution < 1.29 is 13.9 Å². The smallest absolute Gasteiger partial charge is 0.123 e. The zero-order valence-electron chi connectivity index (χ0n) is 9.79. The highest BCUT2D eigenvalue weighted by Crippen LogP contribution is 2.37. The molecule has 1 heterocycles. The maximum Gasteiger partial charge on any atom is 0.123 e. The predicted octanol–water partition coefficient (Wildman–Crippen LogP) is 3.68. The maximum absolute atomic E-state index is 13.3. The first-order valence-corrected chi connectivity index (χ1v) is 6.25. The molecule has 2 atom stereocenters.